The van der Waals surface area contributed by atoms with Crippen molar-refractivity contribution in [2.24, 2.45) is 0 Å². The van der Waals surface area contributed by atoms with E-state index in [2.05, 4.69) is 0 Å². The second-order valence-corrected chi connectivity index (χ2v) is 6.18. The van der Waals surface area contributed by atoms with E-state index in [9.17, 15) is 9.59 Å². The fourth-order valence-corrected chi connectivity index (χ4v) is 2.49. The molecule has 1 aromatic rings. The van der Waals surface area contributed by atoms with E-state index >= 15 is 0 Å². The molecule has 1 aromatic carbocycles. The number of ether oxygens (including phenoxy) is 1. The molecule has 4 heteroatoms. The van der Waals surface area contributed by atoms with Crippen LogP contribution < -0.4 is 0 Å². The number of nitrogens with zero attached hydrogens (tertiary/aromatic N) is 1. The number of rotatable bonds is 2. The Hall–Kier alpha value is -1.84. The predicted molar refractivity (Wildman–Crippen MR) is 76.6 cm³/mol. The Balaban J connectivity index is 2.11. The van der Waals surface area contributed by atoms with Crippen LogP contribution in [0.25, 0.3) is 0 Å². The van der Waals surface area contributed by atoms with Crippen molar-refractivity contribution in [3.05, 3.63) is 35.9 Å². The van der Waals surface area contributed by atoms with Gasteiger partial charge in [0, 0.05) is 12.5 Å². The zero-order valence-electron chi connectivity index (χ0n) is 12.2. The first kappa shape index (κ1) is 14.6. The molecule has 0 radical (unpaired) electrons. The fourth-order valence-electron chi connectivity index (χ4n) is 2.49. The molecular weight excluding hydrogens is 254 g/mol. The van der Waals surface area contributed by atoms with E-state index in [0.29, 0.717) is 13.0 Å². The standard InChI is InChI=1S/C16H21NO3/c1-16(2,3)20-15(19)17-10-13(9-14(17)11-18)12-7-5-4-6-8-12/h4-8,11,13-14H,9-10H2,1-3H3/t13-,14-/m0/s1. The molecule has 20 heavy (non-hydrogen) atoms. The van der Waals surface area contributed by atoms with Gasteiger partial charge in [-0.3, -0.25) is 4.90 Å². The molecule has 108 valence electrons. The van der Waals surface area contributed by atoms with Crippen molar-refractivity contribution in [3.8, 4) is 0 Å². The molecule has 0 aromatic heterocycles. The first-order valence-electron chi connectivity index (χ1n) is 6.90. The molecule has 1 amide bonds. The normalized spacial score (nSPS) is 22.6. The highest BCUT2D eigenvalue weighted by Gasteiger charge is 2.37. The minimum absolute atomic E-state index is 0.193. The Morgan fingerprint density at radius 3 is 2.50 bits per heavy atom. The third-order valence-corrected chi connectivity index (χ3v) is 3.40. The first-order valence-corrected chi connectivity index (χ1v) is 6.90. The molecule has 0 bridgehead atoms. The Kier molecular flexibility index (Phi) is 4.12. The van der Waals surface area contributed by atoms with Crippen molar-refractivity contribution in [2.75, 3.05) is 6.54 Å². The van der Waals surface area contributed by atoms with Gasteiger partial charge in [-0.05, 0) is 32.8 Å². The zero-order chi connectivity index (χ0) is 14.8. The molecule has 1 heterocycles. The summed E-state index contributed by atoms with van der Waals surface area (Å²) >= 11 is 0. The summed E-state index contributed by atoms with van der Waals surface area (Å²) < 4.78 is 5.37. The average Bonchev–Trinajstić information content (AvgIpc) is 2.82. The van der Waals surface area contributed by atoms with E-state index in [1.54, 1.807) is 0 Å². The van der Waals surface area contributed by atoms with Gasteiger partial charge in [-0.2, -0.15) is 0 Å². The monoisotopic (exact) mass is 275 g/mol. The van der Waals surface area contributed by atoms with Crippen LogP contribution in [0.4, 0.5) is 4.79 Å². The zero-order valence-corrected chi connectivity index (χ0v) is 12.2. The Labute approximate surface area is 119 Å². The van der Waals surface area contributed by atoms with Gasteiger partial charge in [0.1, 0.15) is 11.9 Å². The number of benzene rings is 1. The van der Waals surface area contributed by atoms with Crippen LogP contribution in [0.5, 0.6) is 0 Å². The van der Waals surface area contributed by atoms with Crippen LogP contribution in [0, 0.1) is 0 Å². The van der Waals surface area contributed by atoms with Crippen molar-refractivity contribution >= 4 is 12.4 Å². The maximum absolute atomic E-state index is 12.2. The van der Waals surface area contributed by atoms with E-state index < -0.39 is 17.7 Å². The van der Waals surface area contributed by atoms with Gasteiger partial charge in [-0.25, -0.2) is 4.79 Å². The Bertz CT molecular complexity index is 478. The lowest BCUT2D eigenvalue weighted by Crippen LogP contribution is -2.40. The molecule has 0 spiro atoms. The summed E-state index contributed by atoms with van der Waals surface area (Å²) in [6.45, 7) is 6.00. The molecule has 1 aliphatic heterocycles. The highest BCUT2D eigenvalue weighted by Crippen LogP contribution is 2.31. The molecule has 0 N–H and O–H groups in total. The summed E-state index contributed by atoms with van der Waals surface area (Å²) in [6, 6.07) is 9.58. The van der Waals surface area contributed by atoms with E-state index in [0.717, 1.165) is 11.8 Å². The molecule has 1 aliphatic rings. The summed E-state index contributed by atoms with van der Waals surface area (Å²) in [5.74, 6) is 0.193. The molecular formula is C16H21NO3. The van der Waals surface area contributed by atoms with Crippen LogP contribution in [0.2, 0.25) is 0 Å². The topological polar surface area (TPSA) is 46.6 Å². The van der Waals surface area contributed by atoms with Crippen LogP contribution >= 0.6 is 0 Å². The lowest BCUT2D eigenvalue weighted by molar-refractivity contribution is -0.111. The van der Waals surface area contributed by atoms with Crippen LogP contribution in [-0.4, -0.2) is 35.5 Å². The second kappa shape index (κ2) is 5.65. The number of carbonyl (C=O) groups is 2. The summed E-state index contributed by atoms with van der Waals surface area (Å²) in [5, 5.41) is 0. The molecule has 2 atom stereocenters. The van der Waals surface area contributed by atoms with Gasteiger partial charge < -0.3 is 9.53 Å². The molecule has 4 nitrogen and oxygen atoms in total. The van der Waals surface area contributed by atoms with Crippen LogP contribution in [0.1, 0.15) is 38.7 Å². The van der Waals surface area contributed by atoms with Gasteiger partial charge in [0.2, 0.25) is 0 Å². The lowest BCUT2D eigenvalue weighted by Gasteiger charge is -2.26. The van der Waals surface area contributed by atoms with Crippen molar-refractivity contribution in [2.45, 2.75) is 44.8 Å². The van der Waals surface area contributed by atoms with E-state index in [1.807, 2.05) is 51.1 Å². The summed E-state index contributed by atoms with van der Waals surface area (Å²) in [5.41, 5.74) is 0.612. The SMILES string of the molecule is CC(C)(C)OC(=O)N1C[C@@H](c2ccccc2)C[C@H]1C=O. The summed E-state index contributed by atoms with van der Waals surface area (Å²) in [4.78, 5) is 24.9. The minimum atomic E-state index is -0.546. The van der Waals surface area contributed by atoms with Crippen molar-refractivity contribution in [1.82, 2.24) is 4.90 Å². The largest absolute Gasteiger partial charge is 0.444 e. The number of likely N-dealkylation sites (tertiary alicyclic amines) is 1. The summed E-state index contributed by atoms with van der Waals surface area (Å²) in [6.07, 6.45) is 1.09. The van der Waals surface area contributed by atoms with E-state index in [1.165, 1.54) is 4.90 Å². The van der Waals surface area contributed by atoms with Gasteiger partial charge in [-0.15, -0.1) is 0 Å². The maximum atomic E-state index is 12.2. The number of amides is 1. The predicted octanol–water partition coefficient (Wildman–Crippen LogP) is 2.98. The third kappa shape index (κ3) is 3.38. The molecule has 0 aliphatic carbocycles. The van der Waals surface area contributed by atoms with Crippen LogP contribution in [0.3, 0.4) is 0 Å². The van der Waals surface area contributed by atoms with E-state index in [-0.39, 0.29) is 5.92 Å². The minimum Gasteiger partial charge on any atom is -0.444 e. The Morgan fingerprint density at radius 2 is 1.95 bits per heavy atom. The number of aldehydes is 1. The Morgan fingerprint density at radius 1 is 1.30 bits per heavy atom. The molecule has 1 fully saturated rings. The average molecular weight is 275 g/mol. The highest BCUT2D eigenvalue weighted by atomic mass is 16.6. The first-order chi connectivity index (χ1) is 9.40. The smallest absolute Gasteiger partial charge is 0.410 e. The van der Waals surface area contributed by atoms with Crippen LogP contribution in [-0.2, 0) is 9.53 Å². The van der Waals surface area contributed by atoms with Gasteiger partial charge in [0.15, 0.2) is 0 Å². The third-order valence-electron chi connectivity index (χ3n) is 3.40. The van der Waals surface area contributed by atoms with Gasteiger partial charge >= 0.3 is 6.09 Å². The van der Waals surface area contributed by atoms with Crippen molar-refractivity contribution < 1.29 is 14.3 Å². The molecule has 0 saturated carbocycles. The number of carbonyl (C=O) groups excluding carboxylic acids is 2. The molecule has 1 saturated heterocycles. The molecule has 2 rings (SSSR count). The van der Waals surface area contributed by atoms with Crippen molar-refractivity contribution in [3.63, 3.8) is 0 Å². The second-order valence-electron chi connectivity index (χ2n) is 6.18. The van der Waals surface area contributed by atoms with Crippen molar-refractivity contribution in [1.29, 1.82) is 0 Å². The quantitative estimate of drug-likeness (QED) is 0.779. The van der Waals surface area contributed by atoms with Crippen LogP contribution in [0.15, 0.2) is 30.3 Å². The maximum Gasteiger partial charge on any atom is 0.410 e. The molecule has 0 unspecified atom stereocenters. The van der Waals surface area contributed by atoms with Gasteiger partial charge in [-0.1, -0.05) is 30.3 Å². The lowest BCUT2D eigenvalue weighted by atomic mass is 9.97. The highest BCUT2D eigenvalue weighted by molar-refractivity contribution is 5.75. The van der Waals surface area contributed by atoms with Gasteiger partial charge in [0.25, 0.3) is 0 Å². The van der Waals surface area contributed by atoms with Gasteiger partial charge in [0.05, 0.1) is 6.04 Å². The number of hydrogen-bond acceptors (Lipinski definition) is 3. The van der Waals surface area contributed by atoms with E-state index in [4.69, 9.17) is 4.74 Å². The fraction of sp³-hybridized carbons (Fsp3) is 0.500. The number of hydrogen-bond donors (Lipinski definition) is 0. The summed E-state index contributed by atoms with van der Waals surface area (Å²) in [7, 11) is 0.